The number of hydrogen-bond acceptors (Lipinski definition) is 6. The van der Waals surface area contributed by atoms with Gasteiger partial charge in [-0.25, -0.2) is 10.4 Å². The second kappa shape index (κ2) is 5.94. The Morgan fingerprint density at radius 2 is 2.11 bits per heavy atom. The van der Waals surface area contributed by atoms with Crippen LogP contribution in [0.15, 0.2) is 59.2 Å². The van der Waals surface area contributed by atoms with Crippen LogP contribution in [-0.4, -0.2) is 28.2 Å². The Morgan fingerprint density at radius 3 is 2.93 bits per heavy atom. The summed E-state index contributed by atoms with van der Waals surface area (Å²) >= 11 is 0. The number of nitrogens with one attached hydrogen (secondary N) is 2. The lowest BCUT2D eigenvalue weighted by molar-refractivity contribution is -0.131. The van der Waals surface area contributed by atoms with Crippen molar-refractivity contribution >= 4 is 22.6 Å². The van der Waals surface area contributed by atoms with E-state index in [1.807, 2.05) is 49.4 Å². The molecule has 2 aliphatic heterocycles. The van der Waals surface area contributed by atoms with Crippen LogP contribution in [0, 0.1) is 6.92 Å². The molecule has 4 N–H and O–H groups in total. The van der Waals surface area contributed by atoms with E-state index >= 15 is 0 Å². The maximum Gasteiger partial charge on any atom is 0.264 e. The molecule has 3 atom stereocenters. The number of fused-ring (bicyclic) bond motifs is 2. The predicted octanol–water partition coefficient (Wildman–Crippen LogP) is 1.82. The zero-order chi connectivity index (χ0) is 18.5. The third kappa shape index (κ3) is 2.59. The largest absolute Gasteiger partial charge is 0.461 e. The molecular weight excluding hydrogens is 342 g/mol. The second-order valence-corrected chi connectivity index (χ2v) is 6.90. The number of carbonyl (C=O) groups excluding carboxylic acids is 1. The number of nitrogens with zero attached hydrogens (tertiary/aromatic N) is 2. The van der Waals surface area contributed by atoms with Crippen molar-refractivity contribution in [2.24, 2.45) is 5.73 Å². The Labute approximate surface area is 155 Å². The fourth-order valence-electron chi connectivity index (χ4n) is 3.86. The molecule has 2 aromatic heterocycles. The van der Waals surface area contributed by atoms with Crippen molar-refractivity contribution in [2.45, 2.75) is 25.2 Å². The lowest BCUT2D eigenvalue weighted by Gasteiger charge is -2.32. The van der Waals surface area contributed by atoms with Gasteiger partial charge in [0.15, 0.2) is 0 Å². The first-order valence-corrected chi connectivity index (χ1v) is 8.85. The summed E-state index contributed by atoms with van der Waals surface area (Å²) in [5.74, 6) is 0.557. The van der Waals surface area contributed by atoms with Gasteiger partial charge in [-0.15, -0.1) is 0 Å². The highest BCUT2D eigenvalue weighted by Crippen LogP contribution is 2.33. The average Bonchev–Trinajstić information content (AvgIpc) is 3.20. The summed E-state index contributed by atoms with van der Waals surface area (Å²) in [6, 6.07) is 13.6. The topological polar surface area (TPSA) is 96.4 Å². The first-order valence-electron chi connectivity index (χ1n) is 8.85. The van der Waals surface area contributed by atoms with E-state index in [0.29, 0.717) is 0 Å². The number of carbonyl (C=O) groups is 1. The Hall–Kier alpha value is -3.16. The molecule has 1 saturated heterocycles. The van der Waals surface area contributed by atoms with Crippen LogP contribution in [0.4, 0.5) is 0 Å². The standard InChI is InChI=1S/C20H19N5O2/c1-11-8-13-9-12(5-6-16(13)27-11)15-10-17(26)25-20(23-15)18(19(21)24-25)14-4-2-3-7-22-14/h2-10,18-20,23-24H,21H2,1H3. The molecule has 0 bridgehead atoms. The fraction of sp³-hybridized carbons (Fsp3) is 0.200. The minimum atomic E-state index is -0.409. The van der Waals surface area contributed by atoms with E-state index in [1.54, 1.807) is 17.3 Å². The minimum Gasteiger partial charge on any atom is -0.461 e. The van der Waals surface area contributed by atoms with Crippen molar-refractivity contribution < 1.29 is 9.21 Å². The van der Waals surface area contributed by atoms with Crippen LogP contribution >= 0.6 is 0 Å². The van der Waals surface area contributed by atoms with E-state index in [2.05, 4.69) is 15.7 Å². The normalized spacial score (nSPS) is 24.7. The van der Waals surface area contributed by atoms with Gasteiger partial charge in [0.05, 0.1) is 17.8 Å². The van der Waals surface area contributed by atoms with E-state index < -0.39 is 6.17 Å². The van der Waals surface area contributed by atoms with E-state index in [-0.39, 0.29) is 18.0 Å². The molecule has 2 aliphatic rings. The number of hydrazine groups is 1. The zero-order valence-corrected chi connectivity index (χ0v) is 14.7. The highest BCUT2D eigenvalue weighted by Gasteiger charge is 2.45. The van der Waals surface area contributed by atoms with E-state index in [1.165, 1.54) is 0 Å². The highest BCUT2D eigenvalue weighted by molar-refractivity contribution is 5.97. The molecule has 3 unspecified atom stereocenters. The van der Waals surface area contributed by atoms with Gasteiger partial charge < -0.3 is 15.5 Å². The van der Waals surface area contributed by atoms with Gasteiger partial charge in [-0.2, -0.15) is 0 Å². The summed E-state index contributed by atoms with van der Waals surface area (Å²) in [7, 11) is 0. The minimum absolute atomic E-state index is 0.133. The molecule has 7 nitrogen and oxygen atoms in total. The quantitative estimate of drug-likeness (QED) is 0.644. The molecule has 7 heteroatoms. The molecule has 1 aromatic carbocycles. The van der Waals surface area contributed by atoms with Gasteiger partial charge in [-0.1, -0.05) is 6.07 Å². The molecule has 3 aromatic rings. The molecule has 27 heavy (non-hydrogen) atoms. The fourth-order valence-corrected chi connectivity index (χ4v) is 3.86. The first kappa shape index (κ1) is 16.0. The van der Waals surface area contributed by atoms with Gasteiger partial charge in [-0.05, 0) is 48.9 Å². The third-order valence-electron chi connectivity index (χ3n) is 5.08. The van der Waals surface area contributed by atoms with Crippen molar-refractivity contribution in [2.75, 3.05) is 0 Å². The van der Waals surface area contributed by atoms with E-state index in [9.17, 15) is 4.79 Å². The summed E-state index contributed by atoms with van der Waals surface area (Å²) in [5.41, 5.74) is 12.7. The lowest BCUT2D eigenvalue weighted by atomic mass is 9.97. The van der Waals surface area contributed by atoms with Crippen molar-refractivity contribution in [3.05, 3.63) is 71.8 Å². The van der Waals surface area contributed by atoms with Gasteiger partial charge in [0.1, 0.15) is 17.5 Å². The van der Waals surface area contributed by atoms with E-state index in [4.69, 9.17) is 10.2 Å². The molecule has 0 spiro atoms. The molecule has 0 aliphatic carbocycles. The lowest BCUT2D eigenvalue weighted by Crippen LogP contribution is -2.52. The number of benzene rings is 1. The van der Waals surface area contributed by atoms with Gasteiger partial charge in [0.2, 0.25) is 0 Å². The van der Waals surface area contributed by atoms with Crippen molar-refractivity contribution in [1.29, 1.82) is 0 Å². The Kier molecular flexibility index (Phi) is 3.53. The molecule has 136 valence electrons. The maximum absolute atomic E-state index is 12.7. The van der Waals surface area contributed by atoms with Crippen LogP contribution in [0.2, 0.25) is 0 Å². The molecule has 4 heterocycles. The van der Waals surface area contributed by atoms with Crippen LogP contribution in [-0.2, 0) is 4.79 Å². The Bertz CT molecular complexity index is 1060. The Morgan fingerprint density at radius 1 is 1.22 bits per heavy atom. The summed E-state index contributed by atoms with van der Waals surface area (Å²) in [6.07, 6.45) is 2.60. The smallest absolute Gasteiger partial charge is 0.264 e. The Balaban J connectivity index is 1.52. The van der Waals surface area contributed by atoms with Crippen LogP contribution in [0.5, 0.6) is 0 Å². The monoisotopic (exact) mass is 361 g/mol. The summed E-state index contributed by atoms with van der Waals surface area (Å²) in [4.78, 5) is 17.1. The summed E-state index contributed by atoms with van der Waals surface area (Å²) in [6.45, 7) is 1.92. The molecule has 5 rings (SSSR count). The summed E-state index contributed by atoms with van der Waals surface area (Å²) in [5, 5.41) is 6.02. The molecule has 1 fully saturated rings. The van der Waals surface area contributed by atoms with Crippen LogP contribution in [0.25, 0.3) is 16.7 Å². The summed E-state index contributed by atoms with van der Waals surface area (Å²) < 4.78 is 5.64. The predicted molar refractivity (Wildman–Crippen MR) is 101 cm³/mol. The highest BCUT2D eigenvalue weighted by atomic mass is 16.3. The molecule has 0 saturated carbocycles. The second-order valence-electron chi connectivity index (χ2n) is 6.90. The number of nitrogens with two attached hydrogens (primary N) is 1. The number of rotatable bonds is 2. The van der Waals surface area contributed by atoms with Crippen molar-refractivity contribution in [3.63, 3.8) is 0 Å². The van der Waals surface area contributed by atoms with Gasteiger partial charge in [0.25, 0.3) is 5.91 Å². The first-order chi connectivity index (χ1) is 13.1. The number of furan rings is 1. The van der Waals surface area contributed by atoms with Gasteiger partial charge >= 0.3 is 0 Å². The van der Waals surface area contributed by atoms with Crippen LogP contribution in [0.3, 0.4) is 0 Å². The van der Waals surface area contributed by atoms with Crippen molar-refractivity contribution in [1.82, 2.24) is 20.7 Å². The number of pyridine rings is 1. The number of amides is 1. The number of aryl methyl sites for hydroxylation is 1. The van der Waals surface area contributed by atoms with E-state index in [0.717, 1.165) is 33.7 Å². The van der Waals surface area contributed by atoms with Gasteiger partial charge in [0, 0.05) is 23.4 Å². The SMILES string of the molecule is Cc1cc2cc(C3=CC(=O)N4NC(N)C(c5ccccn5)C4N3)ccc2o1. The third-order valence-corrected chi connectivity index (χ3v) is 5.08. The molecule has 1 amide bonds. The van der Waals surface area contributed by atoms with Crippen LogP contribution in [0.1, 0.15) is 22.9 Å². The number of aromatic nitrogens is 1. The maximum atomic E-state index is 12.7. The number of hydrogen-bond donors (Lipinski definition) is 3. The van der Waals surface area contributed by atoms with Crippen molar-refractivity contribution in [3.8, 4) is 0 Å². The van der Waals surface area contributed by atoms with Crippen LogP contribution < -0.4 is 16.5 Å². The molecular formula is C20H19N5O2. The zero-order valence-electron chi connectivity index (χ0n) is 14.7. The molecule has 0 radical (unpaired) electrons. The van der Waals surface area contributed by atoms with Gasteiger partial charge in [-0.3, -0.25) is 9.78 Å². The average molecular weight is 361 g/mol.